The molecule has 0 saturated heterocycles. The number of aryl methyl sites for hydroxylation is 4. The van der Waals surface area contributed by atoms with Crippen LogP contribution < -0.4 is 9.97 Å². The Morgan fingerprint density at radius 2 is 0.848 bits per heavy atom. The van der Waals surface area contributed by atoms with Gasteiger partial charge in [-0.3, -0.25) is 0 Å². The van der Waals surface area contributed by atoms with Crippen LogP contribution in [-0.4, -0.2) is 19.9 Å². The minimum Gasteiger partial charge on any atom is -0.657 e. The second-order valence-electron chi connectivity index (χ2n) is 15.4. The zero-order valence-corrected chi connectivity index (χ0v) is 46.9. The van der Waals surface area contributed by atoms with E-state index >= 15 is 0 Å². The summed E-state index contributed by atoms with van der Waals surface area (Å²) in [6, 6.07) is 36.7. The SMILES string of the molecule is CCC1=C(CC)c2cc3[n-]c(cc4nc(cc5[n-]c(cc1n2)c(CC)c5CC)C(CC)=C4CC)c(CC)c3CC.[Ir].[Pt+2].[Pt].[c-]1ccccc1-c1ccccn1.[c-]1ccsc1-c1ccccn1. The van der Waals surface area contributed by atoms with Crippen LogP contribution in [0.1, 0.15) is 126 Å². The first kappa shape index (κ1) is 54.5. The van der Waals surface area contributed by atoms with Crippen LogP contribution in [0.3, 0.4) is 0 Å². The average molecular weight is 1430 g/mol. The number of thiophene rings is 1. The molecule has 10 heteroatoms. The van der Waals surface area contributed by atoms with Crippen molar-refractivity contribution in [3.63, 3.8) is 0 Å². The van der Waals surface area contributed by atoms with Gasteiger partial charge >= 0.3 is 21.1 Å². The predicted octanol–water partition coefficient (Wildman–Crippen LogP) is 14.4. The summed E-state index contributed by atoms with van der Waals surface area (Å²) in [5, 5.41) is 2.00. The topological polar surface area (TPSA) is 79.8 Å². The van der Waals surface area contributed by atoms with E-state index in [4.69, 9.17) is 19.9 Å². The van der Waals surface area contributed by atoms with Crippen molar-refractivity contribution in [2.45, 2.75) is 107 Å². The van der Waals surface area contributed by atoms with Crippen molar-refractivity contribution in [2.75, 3.05) is 0 Å². The van der Waals surface area contributed by atoms with Crippen LogP contribution in [0.15, 0.2) is 109 Å². The number of fused-ring (bicyclic) bond motifs is 8. The Balaban J connectivity index is 0.000000297. The standard InChI is InChI=1S/C36H44N4.C11H8N.C9H6NS.Ir.2Pt/c1-9-21-22(10-2)30-18-32-25(13-5)26(14-6)34(39-32)20-36-28(16-8)27(15-7)35(40-36)19-33-24(12-4)23(11-3)31(38-33)17-29(21)37-30;1-2-6-10(7-3-1)11-8-4-5-9-12-11;1-2-6-10-8(4-1)9-5-3-7-11-9;;;/h17-20H,9-16H2,1-8H3;1-6,8-9H;1-4,6-7H;;;/q-2;2*-1;;;+2. The molecule has 0 atom stereocenters. The number of allylic oxidation sites excluding steroid dienone is 4. The number of nitrogens with zero attached hydrogens (tertiary/aromatic N) is 6. The van der Waals surface area contributed by atoms with E-state index in [1.54, 1.807) is 23.7 Å². The fourth-order valence-corrected chi connectivity index (χ4v) is 9.53. The van der Waals surface area contributed by atoms with E-state index in [2.05, 4.69) is 102 Å². The number of benzene rings is 1. The maximum Gasteiger partial charge on any atom is 2.00 e. The fourth-order valence-electron chi connectivity index (χ4n) is 8.88. The van der Waals surface area contributed by atoms with Gasteiger partial charge in [-0.1, -0.05) is 131 Å². The van der Waals surface area contributed by atoms with E-state index in [0.29, 0.717) is 0 Å². The molecule has 9 rings (SSSR count). The molecule has 0 fully saturated rings. The van der Waals surface area contributed by atoms with Gasteiger partial charge in [-0.2, -0.15) is 12.1 Å². The normalized spacial score (nSPS) is 11.6. The largest absolute Gasteiger partial charge is 2.00 e. The smallest absolute Gasteiger partial charge is 0.657 e. The summed E-state index contributed by atoms with van der Waals surface area (Å²) in [6.45, 7) is 17.9. The van der Waals surface area contributed by atoms with Crippen molar-refractivity contribution >= 4 is 55.7 Å². The van der Waals surface area contributed by atoms with Gasteiger partial charge in [-0.15, -0.1) is 63.3 Å². The summed E-state index contributed by atoms with van der Waals surface area (Å²) >= 11 is 1.66. The number of aromatic nitrogens is 6. The van der Waals surface area contributed by atoms with Crippen LogP contribution in [0, 0.1) is 12.1 Å². The van der Waals surface area contributed by atoms with Gasteiger partial charge < -0.3 is 19.9 Å². The quantitative estimate of drug-likeness (QED) is 0.127. The summed E-state index contributed by atoms with van der Waals surface area (Å²) in [6.07, 6.45) is 11.2. The Hall–Kier alpha value is -4.15. The molecule has 0 unspecified atom stereocenters. The molecule has 6 aromatic heterocycles. The third-order valence-electron chi connectivity index (χ3n) is 11.8. The van der Waals surface area contributed by atoms with Crippen molar-refractivity contribution in [3.05, 3.63) is 166 Å². The van der Waals surface area contributed by atoms with Gasteiger partial charge in [0, 0.05) is 53.6 Å². The summed E-state index contributed by atoms with van der Waals surface area (Å²) in [5.41, 5.74) is 22.2. The molecule has 1 aromatic carbocycles. The number of pyridine rings is 2. The minimum atomic E-state index is 0. The van der Waals surface area contributed by atoms with Crippen molar-refractivity contribution in [1.29, 1.82) is 0 Å². The molecular weight excluding hydrogens is 1370 g/mol. The van der Waals surface area contributed by atoms with E-state index in [1.165, 1.54) is 44.5 Å². The van der Waals surface area contributed by atoms with Crippen molar-refractivity contribution in [3.8, 4) is 21.8 Å². The third kappa shape index (κ3) is 12.1. The van der Waals surface area contributed by atoms with E-state index in [9.17, 15) is 0 Å². The second kappa shape index (κ2) is 26.4. The summed E-state index contributed by atoms with van der Waals surface area (Å²) in [4.78, 5) is 30.5. The Bertz CT molecular complexity index is 2590. The Kier molecular flexibility index (Phi) is 21.8. The van der Waals surface area contributed by atoms with Crippen molar-refractivity contribution < 1.29 is 62.2 Å². The molecule has 0 N–H and O–H groups in total. The van der Waals surface area contributed by atoms with Crippen LogP contribution in [0.25, 0.3) is 66.2 Å². The summed E-state index contributed by atoms with van der Waals surface area (Å²) in [7, 11) is 0. The van der Waals surface area contributed by atoms with Gasteiger partial charge in [0.15, 0.2) is 0 Å². The molecule has 8 heterocycles. The van der Waals surface area contributed by atoms with Crippen LogP contribution >= 0.6 is 11.3 Å². The summed E-state index contributed by atoms with van der Waals surface area (Å²) < 4.78 is 0. The van der Waals surface area contributed by atoms with E-state index in [0.717, 1.165) is 118 Å². The molecule has 66 heavy (non-hydrogen) atoms. The van der Waals surface area contributed by atoms with Crippen molar-refractivity contribution in [1.82, 2.24) is 29.9 Å². The molecule has 0 amide bonds. The Morgan fingerprint density at radius 3 is 1.15 bits per heavy atom. The Morgan fingerprint density at radius 1 is 0.455 bits per heavy atom. The molecule has 349 valence electrons. The number of hydrogen-bond acceptors (Lipinski definition) is 5. The van der Waals surface area contributed by atoms with Crippen LogP contribution in [-0.2, 0) is 87.9 Å². The first-order valence-corrected chi connectivity index (χ1v) is 23.6. The molecule has 8 bridgehead atoms. The second-order valence-corrected chi connectivity index (χ2v) is 16.3. The first-order valence-electron chi connectivity index (χ1n) is 22.8. The number of rotatable bonds is 10. The van der Waals surface area contributed by atoms with Gasteiger partial charge in [-0.25, -0.2) is 21.3 Å². The molecule has 6 nitrogen and oxygen atoms in total. The van der Waals surface area contributed by atoms with Gasteiger partial charge in [0.25, 0.3) is 0 Å². The first-order chi connectivity index (χ1) is 30.9. The molecule has 0 saturated carbocycles. The van der Waals surface area contributed by atoms with Gasteiger partial charge in [-0.05, 0) is 97.2 Å². The Labute approximate surface area is 438 Å². The molecular formula is C56H58IrN6Pt2S-2. The molecule has 2 aliphatic heterocycles. The molecule has 7 aromatic rings. The van der Waals surface area contributed by atoms with E-state index < -0.39 is 0 Å². The molecule has 2 aliphatic rings. The van der Waals surface area contributed by atoms with Crippen LogP contribution in [0.5, 0.6) is 0 Å². The van der Waals surface area contributed by atoms with Gasteiger partial charge in [0.2, 0.25) is 0 Å². The van der Waals surface area contributed by atoms with Crippen LogP contribution in [0.4, 0.5) is 0 Å². The molecule has 0 spiro atoms. The maximum atomic E-state index is 5.25. The third-order valence-corrected chi connectivity index (χ3v) is 12.7. The predicted molar refractivity (Wildman–Crippen MR) is 266 cm³/mol. The van der Waals surface area contributed by atoms with Crippen molar-refractivity contribution in [2.24, 2.45) is 0 Å². The average Bonchev–Trinajstić information content (AvgIpc) is 4.17. The fraction of sp³-hybridized carbons (Fsp3) is 0.286. The summed E-state index contributed by atoms with van der Waals surface area (Å²) in [5.74, 6) is 0. The van der Waals surface area contributed by atoms with Crippen LogP contribution in [0.2, 0.25) is 0 Å². The minimum absolute atomic E-state index is 0. The number of hydrogen-bond donors (Lipinski definition) is 0. The van der Waals surface area contributed by atoms with Gasteiger partial charge in [0.05, 0.1) is 22.8 Å². The van der Waals surface area contributed by atoms with E-state index in [-0.39, 0.29) is 62.2 Å². The zero-order valence-electron chi connectivity index (χ0n) is 39.1. The van der Waals surface area contributed by atoms with Gasteiger partial charge in [0.1, 0.15) is 0 Å². The van der Waals surface area contributed by atoms with E-state index in [1.807, 2.05) is 72.1 Å². The maximum absolute atomic E-state index is 5.25. The molecule has 0 aliphatic carbocycles. The zero-order chi connectivity index (χ0) is 44.3. The monoisotopic (exact) mass is 1430 g/mol. The molecule has 1 radical (unpaired) electrons.